The molecule has 0 aliphatic carbocycles. The van der Waals surface area contributed by atoms with Crippen molar-refractivity contribution in [2.45, 2.75) is 12.2 Å². The molecule has 0 radical (unpaired) electrons. The van der Waals surface area contributed by atoms with Crippen molar-refractivity contribution < 1.29 is 4.39 Å². The number of halogens is 1. The number of rotatable bonds is 4. The van der Waals surface area contributed by atoms with Gasteiger partial charge in [-0.05, 0) is 18.2 Å². The van der Waals surface area contributed by atoms with E-state index in [0.717, 1.165) is 11.4 Å². The Balaban J connectivity index is 1.51. The van der Waals surface area contributed by atoms with Gasteiger partial charge in [-0.3, -0.25) is 0 Å². The highest BCUT2D eigenvalue weighted by molar-refractivity contribution is 5.56. The number of benzene rings is 1. The number of nitrogens with two attached hydrogens (primary N) is 1. The SMILES string of the molecule is N#Cc1cnc(Nc2cn(-c3cccc(N4C[C@@H](N)[C@@H](F)C4)c3)cn2)cn1. The lowest BCUT2D eigenvalue weighted by atomic mass is 10.2. The van der Waals surface area contributed by atoms with Crippen LogP contribution in [-0.4, -0.2) is 44.8 Å². The summed E-state index contributed by atoms with van der Waals surface area (Å²) in [6.07, 6.45) is 5.34. The van der Waals surface area contributed by atoms with Crippen LogP contribution < -0.4 is 16.0 Å². The number of aromatic nitrogens is 4. The first-order valence-corrected chi connectivity index (χ1v) is 8.40. The van der Waals surface area contributed by atoms with Gasteiger partial charge in [0.25, 0.3) is 0 Å². The van der Waals surface area contributed by atoms with Gasteiger partial charge in [0, 0.05) is 17.9 Å². The fourth-order valence-corrected chi connectivity index (χ4v) is 2.96. The molecule has 3 heterocycles. The molecule has 1 aliphatic rings. The molecule has 2 aromatic heterocycles. The molecule has 4 rings (SSSR count). The van der Waals surface area contributed by atoms with E-state index in [4.69, 9.17) is 11.0 Å². The molecule has 1 fully saturated rings. The molecule has 3 aromatic rings. The maximum Gasteiger partial charge on any atom is 0.158 e. The molecule has 136 valence electrons. The normalized spacial score (nSPS) is 19.1. The monoisotopic (exact) mass is 364 g/mol. The quantitative estimate of drug-likeness (QED) is 0.726. The first-order valence-electron chi connectivity index (χ1n) is 8.40. The molecule has 8 nitrogen and oxygen atoms in total. The first-order chi connectivity index (χ1) is 13.1. The number of hydrogen-bond acceptors (Lipinski definition) is 7. The molecule has 1 aromatic carbocycles. The third kappa shape index (κ3) is 3.56. The Bertz CT molecular complexity index is 968. The van der Waals surface area contributed by atoms with E-state index in [1.54, 1.807) is 6.33 Å². The van der Waals surface area contributed by atoms with Crippen LogP contribution in [0.25, 0.3) is 5.69 Å². The van der Waals surface area contributed by atoms with E-state index >= 15 is 0 Å². The highest BCUT2D eigenvalue weighted by Crippen LogP contribution is 2.24. The zero-order chi connectivity index (χ0) is 18.8. The standard InChI is InChI=1S/C18H17FN8/c19-15-8-26(9-16(15)21)13-2-1-3-14(4-13)27-10-18(24-11-27)25-17-7-22-12(5-20)6-23-17/h1-4,6-7,10-11,15-16H,8-9,21H2,(H,23,25)/t15-,16+/m0/s1. The fraction of sp³-hybridized carbons (Fsp3) is 0.222. The lowest BCUT2D eigenvalue weighted by Gasteiger charge is -2.18. The minimum Gasteiger partial charge on any atom is -0.367 e. The predicted octanol–water partition coefficient (Wildman–Crippen LogP) is 1.76. The number of alkyl halides is 1. The van der Waals surface area contributed by atoms with Gasteiger partial charge in [-0.15, -0.1) is 0 Å². The number of nitriles is 1. The Labute approximate surface area is 155 Å². The average Bonchev–Trinajstić information content (AvgIpc) is 3.29. The van der Waals surface area contributed by atoms with Crippen molar-refractivity contribution >= 4 is 17.3 Å². The van der Waals surface area contributed by atoms with Gasteiger partial charge in [0.15, 0.2) is 5.69 Å². The topological polar surface area (TPSA) is 109 Å². The van der Waals surface area contributed by atoms with Gasteiger partial charge in [-0.2, -0.15) is 5.26 Å². The van der Waals surface area contributed by atoms with Crippen LogP contribution in [0.2, 0.25) is 0 Å². The maximum absolute atomic E-state index is 13.7. The lowest BCUT2D eigenvalue weighted by Crippen LogP contribution is -2.30. The van der Waals surface area contributed by atoms with E-state index in [2.05, 4.69) is 20.3 Å². The summed E-state index contributed by atoms with van der Waals surface area (Å²) in [5, 5.41) is 11.8. The van der Waals surface area contributed by atoms with Crippen molar-refractivity contribution in [1.82, 2.24) is 19.5 Å². The molecular formula is C18H17FN8. The summed E-state index contributed by atoms with van der Waals surface area (Å²) >= 11 is 0. The summed E-state index contributed by atoms with van der Waals surface area (Å²) in [6.45, 7) is 0.803. The fourth-order valence-electron chi connectivity index (χ4n) is 2.96. The van der Waals surface area contributed by atoms with E-state index in [-0.39, 0.29) is 5.69 Å². The van der Waals surface area contributed by atoms with Gasteiger partial charge in [-0.25, -0.2) is 19.3 Å². The van der Waals surface area contributed by atoms with Crippen molar-refractivity contribution in [2.75, 3.05) is 23.3 Å². The van der Waals surface area contributed by atoms with Gasteiger partial charge in [-0.1, -0.05) is 6.07 Å². The van der Waals surface area contributed by atoms with Crippen LogP contribution >= 0.6 is 0 Å². The molecule has 27 heavy (non-hydrogen) atoms. The second kappa shape index (κ2) is 7.01. The average molecular weight is 364 g/mol. The summed E-state index contributed by atoms with van der Waals surface area (Å²) in [5.74, 6) is 1.08. The summed E-state index contributed by atoms with van der Waals surface area (Å²) in [4.78, 5) is 14.3. The van der Waals surface area contributed by atoms with E-state index in [0.29, 0.717) is 24.7 Å². The molecule has 1 saturated heterocycles. The molecular weight excluding hydrogens is 347 g/mol. The molecule has 1 aliphatic heterocycles. The van der Waals surface area contributed by atoms with Gasteiger partial charge in [0.05, 0.1) is 31.2 Å². The molecule has 0 saturated carbocycles. The number of nitrogens with one attached hydrogen (secondary N) is 1. The van der Waals surface area contributed by atoms with Crippen molar-refractivity contribution in [1.29, 1.82) is 5.26 Å². The molecule has 2 atom stereocenters. The van der Waals surface area contributed by atoms with E-state index in [1.807, 2.05) is 46.0 Å². The smallest absolute Gasteiger partial charge is 0.158 e. The number of imidazole rings is 1. The summed E-state index contributed by atoms with van der Waals surface area (Å²) in [6, 6.07) is 9.24. The Morgan fingerprint density at radius 2 is 2.00 bits per heavy atom. The van der Waals surface area contributed by atoms with Crippen LogP contribution in [-0.2, 0) is 0 Å². The van der Waals surface area contributed by atoms with Gasteiger partial charge >= 0.3 is 0 Å². The second-order valence-corrected chi connectivity index (χ2v) is 6.29. The molecule has 0 unspecified atom stereocenters. The largest absolute Gasteiger partial charge is 0.367 e. The van der Waals surface area contributed by atoms with Crippen LogP contribution in [0.15, 0.2) is 49.2 Å². The van der Waals surface area contributed by atoms with Crippen LogP contribution in [0.3, 0.4) is 0 Å². The van der Waals surface area contributed by atoms with Crippen LogP contribution in [0, 0.1) is 11.3 Å². The first kappa shape index (κ1) is 16.9. The molecule has 0 amide bonds. The summed E-state index contributed by atoms with van der Waals surface area (Å²) in [7, 11) is 0. The van der Waals surface area contributed by atoms with Crippen molar-refractivity contribution in [3.05, 3.63) is 54.9 Å². The third-order valence-corrected chi connectivity index (χ3v) is 4.39. The highest BCUT2D eigenvalue weighted by Gasteiger charge is 2.30. The minimum atomic E-state index is -1.01. The van der Waals surface area contributed by atoms with Crippen molar-refractivity contribution in [3.8, 4) is 11.8 Å². The van der Waals surface area contributed by atoms with Crippen LogP contribution in [0.5, 0.6) is 0 Å². The zero-order valence-electron chi connectivity index (χ0n) is 14.3. The maximum atomic E-state index is 13.7. The highest BCUT2D eigenvalue weighted by atomic mass is 19.1. The molecule has 0 bridgehead atoms. The van der Waals surface area contributed by atoms with Gasteiger partial charge < -0.3 is 20.5 Å². The Kier molecular flexibility index (Phi) is 4.40. The Hall–Kier alpha value is -3.51. The molecule has 3 N–H and O–H groups in total. The third-order valence-electron chi connectivity index (χ3n) is 4.39. The van der Waals surface area contributed by atoms with E-state index in [9.17, 15) is 4.39 Å². The van der Waals surface area contributed by atoms with Crippen molar-refractivity contribution in [3.63, 3.8) is 0 Å². The minimum absolute atomic E-state index is 0.250. The Morgan fingerprint density at radius 1 is 1.15 bits per heavy atom. The molecule has 0 spiro atoms. The van der Waals surface area contributed by atoms with Crippen LogP contribution in [0.4, 0.5) is 21.7 Å². The predicted molar refractivity (Wildman–Crippen MR) is 98.7 cm³/mol. The number of nitrogens with zero attached hydrogens (tertiary/aromatic N) is 6. The summed E-state index contributed by atoms with van der Waals surface area (Å²) in [5.41, 5.74) is 7.85. The van der Waals surface area contributed by atoms with E-state index in [1.165, 1.54) is 12.4 Å². The number of anilines is 3. The zero-order valence-corrected chi connectivity index (χ0v) is 14.3. The Morgan fingerprint density at radius 3 is 2.70 bits per heavy atom. The van der Waals surface area contributed by atoms with Crippen LogP contribution in [0.1, 0.15) is 5.69 Å². The lowest BCUT2D eigenvalue weighted by molar-refractivity contribution is 0.333. The van der Waals surface area contributed by atoms with Crippen molar-refractivity contribution in [2.24, 2.45) is 5.73 Å². The summed E-state index contributed by atoms with van der Waals surface area (Å²) < 4.78 is 15.6. The second-order valence-electron chi connectivity index (χ2n) is 6.29. The van der Waals surface area contributed by atoms with Gasteiger partial charge in [0.2, 0.25) is 0 Å². The van der Waals surface area contributed by atoms with Gasteiger partial charge in [0.1, 0.15) is 30.2 Å². The van der Waals surface area contributed by atoms with E-state index < -0.39 is 12.2 Å². The number of hydrogen-bond donors (Lipinski definition) is 2. The molecule has 9 heteroatoms.